The second-order valence-corrected chi connectivity index (χ2v) is 11.6. The molecule has 0 saturated heterocycles. The third-order valence-corrected chi connectivity index (χ3v) is 8.80. The molecule has 0 unspecified atom stereocenters. The van der Waals surface area contributed by atoms with Crippen LogP contribution in [0.25, 0.3) is 11.1 Å². The Labute approximate surface area is 268 Å². The zero-order chi connectivity index (χ0) is 31.9. The van der Waals surface area contributed by atoms with Crippen LogP contribution in [0.3, 0.4) is 0 Å². The number of fused-ring (bicyclic) bond motifs is 3. The van der Waals surface area contributed by atoms with E-state index in [-0.39, 0.29) is 37.7 Å². The fourth-order valence-corrected chi connectivity index (χ4v) is 6.55. The zero-order valence-corrected chi connectivity index (χ0v) is 25.3. The predicted octanol–water partition coefficient (Wildman–Crippen LogP) is 7.32. The van der Waals surface area contributed by atoms with Crippen molar-refractivity contribution in [1.82, 2.24) is 5.32 Å². The van der Waals surface area contributed by atoms with Crippen LogP contribution < -0.4 is 5.32 Å². The van der Waals surface area contributed by atoms with Crippen LogP contribution in [0.5, 0.6) is 0 Å². The molecule has 6 rings (SSSR count). The number of carboxylic acids is 1. The molecule has 230 valence electrons. The molecule has 1 aliphatic rings. The lowest BCUT2D eigenvalue weighted by Gasteiger charge is -2.37. The molecule has 0 spiro atoms. The summed E-state index contributed by atoms with van der Waals surface area (Å²) in [5.74, 6) is -3.24. The lowest BCUT2D eigenvalue weighted by Crippen LogP contribution is -2.48. The molecular formula is C40H35NO5. The van der Waals surface area contributed by atoms with Gasteiger partial charge in [-0.25, -0.2) is 0 Å². The van der Waals surface area contributed by atoms with E-state index >= 15 is 0 Å². The van der Waals surface area contributed by atoms with E-state index in [0.717, 1.165) is 38.9 Å². The monoisotopic (exact) mass is 609 g/mol. The lowest BCUT2D eigenvalue weighted by molar-refractivity contribution is -0.152. The van der Waals surface area contributed by atoms with Gasteiger partial charge in [-0.2, -0.15) is 0 Å². The number of rotatable bonds is 12. The Balaban J connectivity index is 1.15. The Bertz CT molecular complexity index is 1680. The van der Waals surface area contributed by atoms with Crippen LogP contribution in [0.15, 0.2) is 140 Å². The van der Waals surface area contributed by atoms with E-state index < -0.39 is 23.4 Å². The molecular weight excluding hydrogens is 574 g/mol. The summed E-state index contributed by atoms with van der Waals surface area (Å²) in [5, 5.41) is 13.3. The Morgan fingerprint density at radius 3 is 1.54 bits per heavy atom. The minimum Gasteiger partial charge on any atom is -0.481 e. The number of benzene rings is 5. The normalized spacial score (nSPS) is 12.9. The molecule has 0 saturated carbocycles. The van der Waals surface area contributed by atoms with Crippen molar-refractivity contribution >= 4 is 17.8 Å². The van der Waals surface area contributed by atoms with Crippen molar-refractivity contribution in [3.8, 4) is 11.1 Å². The van der Waals surface area contributed by atoms with Crippen molar-refractivity contribution < 1.29 is 24.2 Å². The van der Waals surface area contributed by atoms with Gasteiger partial charge in [0.25, 0.3) is 0 Å². The molecule has 1 aliphatic carbocycles. The second-order valence-electron chi connectivity index (χ2n) is 11.6. The standard InChI is InChI=1S/C40H35NO5/c42-37(41-40(29-14-4-1-5-15-29,30-16-6-2-7-17-30)31-18-8-3-9-19-31)25-24-28(39(44)45)26-38(43)46-27-36-34-22-12-10-20-32(34)33-21-11-13-23-35(33)36/h1-23,28,36H,24-27H2,(H,41,42)(H,44,45)/t28-/m1/s1. The van der Waals surface area contributed by atoms with Gasteiger partial charge in [-0.15, -0.1) is 0 Å². The number of aliphatic carboxylic acids is 1. The second kappa shape index (κ2) is 13.7. The molecule has 2 N–H and O–H groups in total. The average molecular weight is 610 g/mol. The highest BCUT2D eigenvalue weighted by Gasteiger charge is 2.38. The number of amides is 1. The quantitative estimate of drug-likeness (QED) is 0.114. The minimum absolute atomic E-state index is 0.0141. The third kappa shape index (κ3) is 6.20. The van der Waals surface area contributed by atoms with Crippen LogP contribution in [0, 0.1) is 5.92 Å². The summed E-state index contributed by atoms with van der Waals surface area (Å²) in [5.41, 5.74) is 6.00. The van der Waals surface area contributed by atoms with E-state index in [1.54, 1.807) is 0 Å². The van der Waals surface area contributed by atoms with Crippen LogP contribution in [0.1, 0.15) is 53.0 Å². The predicted molar refractivity (Wildman–Crippen MR) is 177 cm³/mol. The summed E-state index contributed by atoms with van der Waals surface area (Å²) in [4.78, 5) is 38.9. The summed E-state index contributed by atoms with van der Waals surface area (Å²) < 4.78 is 5.68. The van der Waals surface area contributed by atoms with Gasteiger partial charge < -0.3 is 15.2 Å². The van der Waals surface area contributed by atoms with Gasteiger partial charge >= 0.3 is 11.9 Å². The number of nitrogens with one attached hydrogen (secondary N) is 1. The molecule has 5 aromatic rings. The third-order valence-electron chi connectivity index (χ3n) is 8.80. The van der Waals surface area contributed by atoms with Crippen LogP contribution in [0.2, 0.25) is 0 Å². The van der Waals surface area contributed by atoms with Gasteiger partial charge in [-0.1, -0.05) is 140 Å². The van der Waals surface area contributed by atoms with Crippen molar-refractivity contribution in [2.75, 3.05) is 6.61 Å². The smallest absolute Gasteiger partial charge is 0.307 e. The van der Waals surface area contributed by atoms with Crippen molar-refractivity contribution in [1.29, 1.82) is 0 Å². The fourth-order valence-electron chi connectivity index (χ4n) is 6.55. The van der Waals surface area contributed by atoms with Crippen molar-refractivity contribution in [3.05, 3.63) is 167 Å². The van der Waals surface area contributed by atoms with Gasteiger partial charge in [0.15, 0.2) is 0 Å². The maximum absolute atomic E-state index is 13.7. The number of carboxylic acid groups (broad SMARTS) is 1. The molecule has 0 bridgehead atoms. The SMILES string of the molecule is O=C(CC[C@H](CC(=O)OCC1c2ccccc2-c2ccccc21)C(=O)O)NC(c1ccccc1)(c1ccccc1)c1ccccc1. The molecule has 6 nitrogen and oxygen atoms in total. The number of ether oxygens (including phenoxy) is 1. The molecule has 0 aliphatic heterocycles. The van der Waals surface area contributed by atoms with E-state index in [1.807, 2.05) is 127 Å². The van der Waals surface area contributed by atoms with Crippen LogP contribution in [0.4, 0.5) is 0 Å². The summed E-state index contributed by atoms with van der Waals surface area (Å²) in [6, 6.07) is 45.2. The van der Waals surface area contributed by atoms with Gasteiger partial charge in [-0.3, -0.25) is 14.4 Å². The van der Waals surface area contributed by atoms with Crippen LogP contribution in [-0.2, 0) is 24.7 Å². The van der Waals surface area contributed by atoms with Gasteiger partial charge in [0.2, 0.25) is 5.91 Å². The average Bonchev–Trinajstić information content (AvgIpc) is 3.42. The molecule has 1 atom stereocenters. The van der Waals surface area contributed by atoms with Crippen molar-refractivity contribution in [2.24, 2.45) is 5.92 Å². The van der Waals surface area contributed by atoms with E-state index in [9.17, 15) is 19.5 Å². The molecule has 1 amide bonds. The fraction of sp³-hybridized carbons (Fsp3) is 0.175. The van der Waals surface area contributed by atoms with Gasteiger partial charge in [0.1, 0.15) is 12.1 Å². The van der Waals surface area contributed by atoms with Crippen molar-refractivity contribution in [2.45, 2.75) is 30.7 Å². The Hall–Kier alpha value is -5.49. The van der Waals surface area contributed by atoms with E-state index in [4.69, 9.17) is 4.74 Å². The first kappa shape index (κ1) is 30.5. The van der Waals surface area contributed by atoms with E-state index in [2.05, 4.69) is 17.4 Å². The van der Waals surface area contributed by atoms with Crippen molar-refractivity contribution in [3.63, 3.8) is 0 Å². The minimum atomic E-state index is -1.14. The molecule has 5 aromatic carbocycles. The molecule has 0 radical (unpaired) electrons. The molecule has 0 fully saturated rings. The highest BCUT2D eigenvalue weighted by atomic mass is 16.5. The van der Waals surface area contributed by atoms with Gasteiger partial charge in [0.05, 0.1) is 12.3 Å². The topological polar surface area (TPSA) is 92.7 Å². The van der Waals surface area contributed by atoms with Gasteiger partial charge in [-0.05, 0) is 45.4 Å². The summed E-state index contributed by atoms with van der Waals surface area (Å²) in [6.45, 7) is 0.118. The summed E-state index contributed by atoms with van der Waals surface area (Å²) in [7, 11) is 0. The Morgan fingerprint density at radius 1 is 0.652 bits per heavy atom. The van der Waals surface area contributed by atoms with Crippen LogP contribution >= 0.6 is 0 Å². The summed E-state index contributed by atoms with van der Waals surface area (Å²) >= 11 is 0. The summed E-state index contributed by atoms with van der Waals surface area (Å²) in [6.07, 6.45) is -0.415. The zero-order valence-electron chi connectivity index (χ0n) is 25.3. The number of carbonyl (C=O) groups excluding carboxylic acids is 2. The van der Waals surface area contributed by atoms with E-state index in [0.29, 0.717) is 0 Å². The lowest BCUT2D eigenvalue weighted by atomic mass is 9.77. The molecule has 0 aromatic heterocycles. The Morgan fingerprint density at radius 2 is 1.09 bits per heavy atom. The Kier molecular flexibility index (Phi) is 9.06. The highest BCUT2D eigenvalue weighted by Crippen LogP contribution is 2.44. The first-order chi connectivity index (χ1) is 22.5. The van der Waals surface area contributed by atoms with Crippen LogP contribution in [-0.4, -0.2) is 29.6 Å². The van der Waals surface area contributed by atoms with E-state index in [1.165, 1.54) is 0 Å². The highest BCUT2D eigenvalue weighted by molar-refractivity contribution is 5.82. The first-order valence-corrected chi connectivity index (χ1v) is 15.5. The first-order valence-electron chi connectivity index (χ1n) is 15.5. The van der Waals surface area contributed by atoms with Gasteiger partial charge in [0, 0.05) is 12.3 Å². The largest absolute Gasteiger partial charge is 0.481 e. The number of esters is 1. The maximum Gasteiger partial charge on any atom is 0.307 e. The number of hydrogen-bond donors (Lipinski definition) is 2. The number of carbonyl (C=O) groups is 3. The molecule has 6 heteroatoms. The maximum atomic E-state index is 13.7. The molecule has 0 heterocycles. The molecule has 46 heavy (non-hydrogen) atoms. The number of hydrogen-bond acceptors (Lipinski definition) is 4.